The molecular formula is C14H19NO3. The van der Waals surface area contributed by atoms with Crippen molar-refractivity contribution in [3.63, 3.8) is 0 Å². The van der Waals surface area contributed by atoms with Gasteiger partial charge in [0.1, 0.15) is 0 Å². The number of hydrogen-bond acceptors (Lipinski definition) is 3. The number of carbonyl (C=O) groups is 1. The smallest absolute Gasteiger partial charge is 0.254 e. The summed E-state index contributed by atoms with van der Waals surface area (Å²) in [5.74, 6) is -0.0126. The van der Waals surface area contributed by atoms with Crippen LogP contribution in [0.25, 0.3) is 0 Å². The van der Waals surface area contributed by atoms with E-state index in [4.69, 9.17) is 4.74 Å². The first-order valence-electron chi connectivity index (χ1n) is 6.26. The van der Waals surface area contributed by atoms with Crippen LogP contribution in [0.5, 0.6) is 0 Å². The van der Waals surface area contributed by atoms with Crippen molar-refractivity contribution in [3.05, 3.63) is 35.4 Å². The topological polar surface area (TPSA) is 49.8 Å². The Labute approximate surface area is 107 Å². The fraction of sp³-hybridized carbons (Fsp3) is 0.500. The number of aliphatic hydroxyl groups excluding tert-OH is 1. The van der Waals surface area contributed by atoms with Crippen molar-refractivity contribution < 1.29 is 14.6 Å². The lowest BCUT2D eigenvalue weighted by Crippen LogP contribution is -2.42. The van der Waals surface area contributed by atoms with Gasteiger partial charge in [0.15, 0.2) is 0 Å². The van der Waals surface area contributed by atoms with Crippen LogP contribution >= 0.6 is 0 Å². The van der Waals surface area contributed by atoms with Gasteiger partial charge in [0.05, 0.1) is 12.7 Å². The standard InChI is InChI=1S/C14H19NO3/c1-18-10-11-5-2-3-7-13(11)14(17)15-8-4-6-12(16)9-15/h2-3,5,7,12,16H,4,6,8-10H2,1H3. The van der Waals surface area contributed by atoms with Gasteiger partial charge in [0.2, 0.25) is 0 Å². The van der Waals surface area contributed by atoms with Crippen molar-refractivity contribution in [2.24, 2.45) is 0 Å². The number of carbonyl (C=O) groups excluding carboxylic acids is 1. The fourth-order valence-electron chi connectivity index (χ4n) is 2.32. The van der Waals surface area contributed by atoms with E-state index in [0.29, 0.717) is 18.7 Å². The second kappa shape index (κ2) is 5.98. The molecule has 0 saturated carbocycles. The summed E-state index contributed by atoms with van der Waals surface area (Å²) in [6, 6.07) is 7.47. The maximum atomic E-state index is 12.4. The highest BCUT2D eigenvalue weighted by Gasteiger charge is 2.24. The van der Waals surface area contributed by atoms with Crippen LogP contribution in [0.3, 0.4) is 0 Å². The highest BCUT2D eigenvalue weighted by Crippen LogP contribution is 2.17. The first kappa shape index (κ1) is 13.1. The number of β-amino-alcohol motifs (C(OH)–C–C–N with tert-alkyl or cyclic N) is 1. The molecule has 0 bridgehead atoms. The van der Waals surface area contributed by atoms with Crippen LogP contribution in [0.1, 0.15) is 28.8 Å². The molecule has 1 amide bonds. The summed E-state index contributed by atoms with van der Waals surface area (Å²) in [6.07, 6.45) is 1.25. The molecule has 0 spiro atoms. The van der Waals surface area contributed by atoms with E-state index in [9.17, 15) is 9.90 Å². The van der Waals surface area contributed by atoms with Crippen LogP contribution in [-0.4, -0.2) is 42.2 Å². The van der Waals surface area contributed by atoms with Crippen LogP contribution in [0.4, 0.5) is 0 Å². The van der Waals surface area contributed by atoms with Crippen LogP contribution in [-0.2, 0) is 11.3 Å². The molecule has 18 heavy (non-hydrogen) atoms. The molecule has 1 unspecified atom stereocenters. The quantitative estimate of drug-likeness (QED) is 0.881. The Kier molecular flexibility index (Phi) is 4.33. The number of hydrogen-bond donors (Lipinski definition) is 1. The van der Waals surface area contributed by atoms with Crippen molar-refractivity contribution in [2.45, 2.75) is 25.6 Å². The zero-order valence-electron chi connectivity index (χ0n) is 10.6. The summed E-state index contributed by atoms with van der Waals surface area (Å²) in [5.41, 5.74) is 1.57. The largest absolute Gasteiger partial charge is 0.391 e. The number of likely N-dealkylation sites (tertiary alicyclic amines) is 1. The zero-order valence-corrected chi connectivity index (χ0v) is 10.6. The molecule has 2 rings (SSSR count). The van der Waals surface area contributed by atoms with Gasteiger partial charge in [-0.25, -0.2) is 0 Å². The van der Waals surface area contributed by atoms with E-state index in [1.54, 1.807) is 12.0 Å². The average molecular weight is 249 g/mol. The number of rotatable bonds is 3. The SMILES string of the molecule is COCc1ccccc1C(=O)N1CCCC(O)C1. The van der Waals surface area contributed by atoms with Gasteiger partial charge in [-0.2, -0.15) is 0 Å². The molecule has 1 aliphatic rings. The summed E-state index contributed by atoms with van der Waals surface area (Å²) in [4.78, 5) is 14.1. The zero-order chi connectivity index (χ0) is 13.0. The maximum Gasteiger partial charge on any atom is 0.254 e. The Balaban J connectivity index is 2.17. The van der Waals surface area contributed by atoms with Crippen LogP contribution in [0.15, 0.2) is 24.3 Å². The molecule has 1 fully saturated rings. The number of methoxy groups -OCH3 is 1. The lowest BCUT2D eigenvalue weighted by Gasteiger charge is -2.30. The molecule has 1 N–H and O–H groups in total. The molecule has 1 aliphatic heterocycles. The molecular weight excluding hydrogens is 230 g/mol. The van der Waals surface area contributed by atoms with E-state index in [1.807, 2.05) is 24.3 Å². The van der Waals surface area contributed by atoms with E-state index in [2.05, 4.69) is 0 Å². The van der Waals surface area contributed by atoms with Gasteiger partial charge in [-0.15, -0.1) is 0 Å². The second-order valence-corrected chi connectivity index (χ2v) is 4.64. The summed E-state index contributed by atoms with van der Waals surface area (Å²) >= 11 is 0. The minimum atomic E-state index is -0.391. The Morgan fingerprint density at radius 2 is 2.28 bits per heavy atom. The third-order valence-corrected chi connectivity index (χ3v) is 3.23. The monoisotopic (exact) mass is 249 g/mol. The number of ether oxygens (including phenoxy) is 1. The fourth-order valence-corrected chi connectivity index (χ4v) is 2.32. The minimum Gasteiger partial charge on any atom is -0.391 e. The second-order valence-electron chi connectivity index (χ2n) is 4.64. The molecule has 0 aromatic heterocycles. The van der Waals surface area contributed by atoms with E-state index in [1.165, 1.54) is 0 Å². The predicted octanol–water partition coefficient (Wildman–Crippen LogP) is 1.43. The van der Waals surface area contributed by atoms with Gasteiger partial charge in [-0.3, -0.25) is 4.79 Å². The molecule has 1 aromatic rings. The van der Waals surface area contributed by atoms with Crippen LogP contribution < -0.4 is 0 Å². The lowest BCUT2D eigenvalue weighted by molar-refractivity contribution is 0.0470. The molecule has 4 nitrogen and oxygen atoms in total. The summed E-state index contributed by atoms with van der Waals surface area (Å²) in [6.45, 7) is 1.58. The third kappa shape index (κ3) is 2.89. The number of amides is 1. The highest BCUT2D eigenvalue weighted by atomic mass is 16.5. The summed E-state index contributed by atoms with van der Waals surface area (Å²) in [5, 5.41) is 9.63. The van der Waals surface area contributed by atoms with Crippen LogP contribution in [0, 0.1) is 0 Å². The van der Waals surface area contributed by atoms with Gasteiger partial charge in [0, 0.05) is 25.8 Å². The van der Waals surface area contributed by atoms with Crippen molar-refractivity contribution in [1.82, 2.24) is 4.90 Å². The first-order valence-corrected chi connectivity index (χ1v) is 6.26. The molecule has 1 aromatic carbocycles. The molecule has 1 heterocycles. The minimum absolute atomic E-state index is 0.0126. The molecule has 98 valence electrons. The number of benzene rings is 1. The maximum absolute atomic E-state index is 12.4. The van der Waals surface area contributed by atoms with Gasteiger partial charge in [-0.1, -0.05) is 18.2 Å². The van der Waals surface area contributed by atoms with Crippen molar-refractivity contribution in [2.75, 3.05) is 20.2 Å². The molecule has 1 saturated heterocycles. The van der Waals surface area contributed by atoms with Gasteiger partial charge >= 0.3 is 0 Å². The normalized spacial score (nSPS) is 19.9. The van der Waals surface area contributed by atoms with E-state index in [0.717, 1.165) is 24.9 Å². The van der Waals surface area contributed by atoms with Crippen LogP contribution in [0.2, 0.25) is 0 Å². The number of piperidine rings is 1. The Morgan fingerprint density at radius 3 is 3.00 bits per heavy atom. The Bertz CT molecular complexity index is 419. The van der Waals surface area contributed by atoms with Gasteiger partial charge < -0.3 is 14.7 Å². The Hall–Kier alpha value is -1.39. The molecule has 1 atom stereocenters. The van der Waals surface area contributed by atoms with Crippen molar-refractivity contribution >= 4 is 5.91 Å². The van der Waals surface area contributed by atoms with Gasteiger partial charge in [-0.05, 0) is 24.5 Å². The molecule has 0 aliphatic carbocycles. The van der Waals surface area contributed by atoms with Crippen molar-refractivity contribution in [1.29, 1.82) is 0 Å². The van der Waals surface area contributed by atoms with Gasteiger partial charge in [0.25, 0.3) is 5.91 Å². The number of aliphatic hydroxyl groups is 1. The molecule has 0 radical (unpaired) electrons. The van der Waals surface area contributed by atoms with E-state index < -0.39 is 6.10 Å². The first-order chi connectivity index (χ1) is 8.72. The average Bonchev–Trinajstić information content (AvgIpc) is 2.39. The number of nitrogens with zero attached hydrogens (tertiary/aromatic N) is 1. The molecule has 4 heteroatoms. The third-order valence-electron chi connectivity index (χ3n) is 3.23. The summed E-state index contributed by atoms with van der Waals surface area (Å²) < 4.78 is 5.11. The predicted molar refractivity (Wildman–Crippen MR) is 68.3 cm³/mol. The van der Waals surface area contributed by atoms with Crippen molar-refractivity contribution in [3.8, 4) is 0 Å². The lowest BCUT2D eigenvalue weighted by atomic mass is 10.0. The summed E-state index contributed by atoms with van der Waals surface area (Å²) in [7, 11) is 1.62. The Morgan fingerprint density at radius 1 is 1.50 bits per heavy atom. The van der Waals surface area contributed by atoms with E-state index >= 15 is 0 Å². The van der Waals surface area contributed by atoms with E-state index in [-0.39, 0.29) is 5.91 Å². The highest BCUT2D eigenvalue weighted by molar-refractivity contribution is 5.95.